The standard InChI is InChI=1S/C8H12NO3S/c1-13(10,11)6-4-9-7-8-3-2-5-12-8/h2-3,9H,4,6-7H2,1H3. The largest absolute Gasteiger partial charge is 0.456 e. The molecule has 1 aromatic rings. The van der Waals surface area contributed by atoms with E-state index in [0.29, 0.717) is 13.1 Å². The number of furan rings is 1. The Bertz CT molecular complexity index is 328. The quantitative estimate of drug-likeness (QED) is 0.694. The molecule has 1 N–H and O–H groups in total. The Morgan fingerprint density at radius 3 is 2.92 bits per heavy atom. The molecule has 0 fully saturated rings. The maximum atomic E-state index is 10.7. The van der Waals surface area contributed by atoms with Crippen LogP contribution in [0.1, 0.15) is 5.76 Å². The summed E-state index contributed by atoms with van der Waals surface area (Å²) in [6.45, 7) is 0.985. The maximum Gasteiger partial charge on any atom is 0.169 e. The van der Waals surface area contributed by atoms with Gasteiger partial charge in [0.2, 0.25) is 0 Å². The summed E-state index contributed by atoms with van der Waals surface area (Å²) in [6, 6.07) is 3.46. The summed E-state index contributed by atoms with van der Waals surface area (Å²) >= 11 is 0. The van der Waals surface area contributed by atoms with Crippen molar-refractivity contribution >= 4 is 9.84 Å². The Hall–Kier alpha value is -0.810. The summed E-state index contributed by atoms with van der Waals surface area (Å²) in [7, 11) is -2.87. The third-order valence-electron chi connectivity index (χ3n) is 1.48. The lowest BCUT2D eigenvalue weighted by Crippen LogP contribution is -2.21. The molecule has 1 radical (unpaired) electrons. The van der Waals surface area contributed by atoms with E-state index in [9.17, 15) is 8.42 Å². The van der Waals surface area contributed by atoms with Crippen molar-refractivity contribution in [2.45, 2.75) is 6.54 Å². The lowest BCUT2D eigenvalue weighted by atomic mass is 10.4. The van der Waals surface area contributed by atoms with Crippen LogP contribution in [-0.2, 0) is 16.4 Å². The minimum atomic E-state index is -2.87. The third kappa shape index (κ3) is 4.69. The minimum absolute atomic E-state index is 0.150. The molecule has 0 saturated heterocycles. The van der Waals surface area contributed by atoms with Crippen LogP contribution in [-0.4, -0.2) is 27.0 Å². The van der Waals surface area contributed by atoms with Gasteiger partial charge in [-0.1, -0.05) is 0 Å². The van der Waals surface area contributed by atoms with Crippen LogP contribution in [0.4, 0.5) is 0 Å². The van der Waals surface area contributed by atoms with Crippen LogP contribution in [0.25, 0.3) is 0 Å². The first-order valence-electron chi connectivity index (χ1n) is 3.91. The van der Waals surface area contributed by atoms with E-state index in [2.05, 4.69) is 11.6 Å². The highest BCUT2D eigenvalue weighted by Crippen LogP contribution is 1.97. The molecule has 0 spiro atoms. The fraction of sp³-hybridized carbons (Fsp3) is 0.500. The molecule has 0 saturated carbocycles. The Morgan fingerprint density at radius 1 is 1.62 bits per heavy atom. The van der Waals surface area contributed by atoms with Gasteiger partial charge in [0, 0.05) is 12.8 Å². The molecule has 0 aliphatic carbocycles. The first kappa shape index (κ1) is 10.3. The molecule has 0 aromatic carbocycles. The van der Waals surface area contributed by atoms with Gasteiger partial charge in [0.1, 0.15) is 15.6 Å². The maximum absolute atomic E-state index is 10.7. The van der Waals surface area contributed by atoms with Crippen molar-refractivity contribution in [1.82, 2.24) is 5.32 Å². The fourth-order valence-electron chi connectivity index (χ4n) is 0.835. The SMILES string of the molecule is CS(=O)(=O)CCNCc1cc[c]o1. The van der Waals surface area contributed by atoms with Crippen molar-refractivity contribution in [2.24, 2.45) is 0 Å². The van der Waals surface area contributed by atoms with Crippen molar-refractivity contribution in [1.29, 1.82) is 0 Å². The van der Waals surface area contributed by atoms with Gasteiger partial charge in [-0.2, -0.15) is 0 Å². The van der Waals surface area contributed by atoms with Gasteiger partial charge in [-0.25, -0.2) is 8.42 Å². The van der Waals surface area contributed by atoms with E-state index in [0.717, 1.165) is 5.76 Å². The topological polar surface area (TPSA) is 59.3 Å². The summed E-state index contributed by atoms with van der Waals surface area (Å²) in [5.74, 6) is 0.908. The van der Waals surface area contributed by atoms with Crippen LogP contribution in [0.2, 0.25) is 0 Å². The summed E-state index contributed by atoms with van der Waals surface area (Å²) in [5, 5.41) is 2.95. The molecule has 5 heteroatoms. The molecule has 0 aliphatic heterocycles. The lowest BCUT2D eigenvalue weighted by molar-refractivity contribution is 0.481. The molecule has 1 rings (SSSR count). The van der Waals surface area contributed by atoms with Crippen LogP contribution < -0.4 is 5.32 Å². The summed E-state index contributed by atoms with van der Waals surface area (Å²) in [5.41, 5.74) is 0. The zero-order valence-corrected chi connectivity index (χ0v) is 8.23. The summed E-state index contributed by atoms with van der Waals surface area (Å²) in [4.78, 5) is 0. The van der Waals surface area contributed by atoms with Crippen molar-refractivity contribution in [3.8, 4) is 0 Å². The normalized spacial score (nSPS) is 11.8. The van der Waals surface area contributed by atoms with E-state index >= 15 is 0 Å². The second-order valence-electron chi connectivity index (χ2n) is 2.83. The van der Waals surface area contributed by atoms with Crippen molar-refractivity contribution in [3.63, 3.8) is 0 Å². The first-order valence-corrected chi connectivity index (χ1v) is 5.97. The fourth-order valence-corrected chi connectivity index (χ4v) is 1.35. The van der Waals surface area contributed by atoms with Crippen LogP contribution in [0.15, 0.2) is 16.5 Å². The van der Waals surface area contributed by atoms with Crippen LogP contribution in [0.5, 0.6) is 0 Å². The highest BCUT2D eigenvalue weighted by molar-refractivity contribution is 7.90. The van der Waals surface area contributed by atoms with E-state index in [1.807, 2.05) is 0 Å². The minimum Gasteiger partial charge on any atom is -0.456 e. The summed E-state index contributed by atoms with van der Waals surface area (Å²) < 4.78 is 26.4. The van der Waals surface area contributed by atoms with Crippen molar-refractivity contribution in [3.05, 3.63) is 24.2 Å². The average molecular weight is 202 g/mol. The third-order valence-corrected chi connectivity index (χ3v) is 2.42. The molecule has 0 aliphatic rings. The molecule has 13 heavy (non-hydrogen) atoms. The second-order valence-corrected chi connectivity index (χ2v) is 5.09. The average Bonchev–Trinajstić information content (AvgIpc) is 2.48. The van der Waals surface area contributed by atoms with Gasteiger partial charge in [-0.05, 0) is 12.1 Å². The first-order chi connectivity index (χ1) is 6.08. The van der Waals surface area contributed by atoms with E-state index in [1.165, 1.54) is 6.26 Å². The van der Waals surface area contributed by atoms with Gasteiger partial charge in [0.15, 0.2) is 6.26 Å². The number of nitrogens with one attached hydrogen (secondary N) is 1. The zero-order chi connectivity index (χ0) is 9.73. The van der Waals surface area contributed by atoms with Crippen LogP contribution >= 0.6 is 0 Å². The molecule has 0 atom stereocenters. The smallest absolute Gasteiger partial charge is 0.169 e. The van der Waals surface area contributed by atoms with Gasteiger partial charge >= 0.3 is 0 Å². The van der Waals surface area contributed by atoms with Gasteiger partial charge in [0.25, 0.3) is 0 Å². The Kier molecular flexibility index (Phi) is 3.50. The highest BCUT2D eigenvalue weighted by atomic mass is 32.2. The lowest BCUT2D eigenvalue weighted by Gasteiger charge is -2.00. The number of rotatable bonds is 5. The Balaban J connectivity index is 2.16. The molecule has 73 valence electrons. The van der Waals surface area contributed by atoms with Crippen LogP contribution in [0.3, 0.4) is 0 Å². The van der Waals surface area contributed by atoms with E-state index < -0.39 is 9.84 Å². The molecule has 0 bridgehead atoms. The number of hydrogen-bond donors (Lipinski definition) is 1. The van der Waals surface area contributed by atoms with Crippen LogP contribution in [0, 0.1) is 6.26 Å². The number of sulfone groups is 1. The van der Waals surface area contributed by atoms with E-state index in [4.69, 9.17) is 4.42 Å². The van der Waals surface area contributed by atoms with E-state index in [-0.39, 0.29) is 5.75 Å². The predicted molar refractivity (Wildman–Crippen MR) is 49.0 cm³/mol. The monoisotopic (exact) mass is 202 g/mol. The molecule has 0 amide bonds. The second kappa shape index (κ2) is 4.43. The summed E-state index contributed by atoms with van der Waals surface area (Å²) in [6.07, 6.45) is 3.77. The van der Waals surface area contributed by atoms with Crippen molar-refractivity contribution in [2.75, 3.05) is 18.6 Å². The Morgan fingerprint density at radius 2 is 2.38 bits per heavy atom. The molecule has 1 heterocycles. The highest BCUT2D eigenvalue weighted by Gasteiger charge is 2.01. The van der Waals surface area contributed by atoms with Gasteiger partial charge < -0.3 is 9.73 Å². The molecular weight excluding hydrogens is 190 g/mol. The van der Waals surface area contributed by atoms with Gasteiger partial charge in [0.05, 0.1) is 12.3 Å². The predicted octanol–water partition coefficient (Wildman–Crippen LogP) is 0.214. The zero-order valence-electron chi connectivity index (χ0n) is 7.41. The molecule has 4 nitrogen and oxygen atoms in total. The molecule has 1 aromatic heterocycles. The van der Waals surface area contributed by atoms with Crippen molar-refractivity contribution < 1.29 is 12.8 Å². The number of hydrogen-bond acceptors (Lipinski definition) is 4. The Labute approximate surface area is 77.9 Å². The van der Waals surface area contributed by atoms with Gasteiger partial charge in [-0.15, -0.1) is 0 Å². The molecule has 0 unspecified atom stereocenters. The van der Waals surface area contributed by atoms with Gasteiger partial charge in [-0.3, -0.25) is 0 Å². The van der Waals surface area contributed by atoms with E-state index in [1.54, 1.807) is 12.1 Å². The molecular formula is C8H12NO3S.